The Kier molecular flexibility index (Phi) is 19.1. The largest absolute Gasteiger partial charge is 0.462 e. The first-order valence-corrected chi connectivity index (χ1v) is 12.1. The van der Waals surface area contributed by atoms with Gasteiger partial charge in [-0.25, -0.2) is 9.59 Å². The smallest absolute Gasteiger partial charge is 0.334 e. The van der Waals surface area contributed by atoms with Gasteiger partial charge in [-0.15, -0.1) is 0 Å². The lowest BCUT2D eigenvalue weighted by Crippen LogP contribution is -2.16. The van der Waals surface area contributed by atoms with Gasteiger partial charge in [0, 0.05) is 11.1 Å². The fourth-order valence-corrected chi connectivity index (χ4v) is 3.21. The maximum atomic E-state index is 12.5. The molecular formula is C25H46O4. The van der Waals surface area contributed by atoms with Crippen LogP contribution in [0.2, 0.25) is 0 Å². The summed E-state index contributed by atoms with van der Waals surface area (Å²) in [6, 6.07) is 0. The molecule has 0 amide bonds. The van der Waals surface area contributed by atoms with Crippen molar-refractivity contribution in [2.45, 2.75) is 124 Å². The average Bonchev–Trinajstić information content (AvgIpc) is 2.72. The quantitative estimate of drug-likeness (QED) is 0.127. The first-order chi connectivity index (χ1) is 14.1. The van der Waals surface area contributed by atoms with Gasteiger partial charge in [-0.3, -0.25) is 0 Å². The molecule has 0 N–H and O–H groups in total. The van der Waals surface area contributed by atoms with Crippen molar-refractivity contribution in [3.05, 3.63) is 11.1 Å². The fourth-order valence-electron chi connectivity index (χ4n) is 3.21. The summed E-state index contributed by atoms with van der Waals surface area (Å²) in [5.41, 5.74) is 0.906. The van der Waals surface area contributed by atoms with Crippen molar-refractivity contribution < 1.29 is 19.1 Å². The van der Waals surface area contributed by atoms with Gasteiger partial charge in [0.25, 0.3) is 0 Å². The molecule has 29 heavy (non-hydrogen) atoms. The number of hydrogen-bond acceptors (Lipinski definition) is 4. The SMILES string of the molecule is CCCCCCCCOC(=O)/C(C)=C(/CCCC)C(=O)OCCCCCCCC. The van der Waals surface area contributed by atoms with E-state index < -0.39 is 0 Å². The van der Waals surface area contributed by atoms with Crippen molar-refractivity contribution >= 4 is 11.9 Å². The summed E-state index contributed by atoms with van der Waals surface area (Å²) in [5.74, 6) is -0.720. The number of carbonyl (C=O) groups excluding carboxylic acids is 2. The van der Waals surface area contributed by atoms with Crippen LogP contribution < -0.4 is 0 Å². The van der Waals surface area contributed by atoms with E-state index in [4.69, 9.17) is 9.47 Å². The molecule has 0 aromatic carbocycles. The Labute approximate surface area is 179 Å². The molecular weight excluding hydrogens is 364 g/mol. The highest BCUT2D eigenvalue weighted by Crippen LogP contribution is 2.17. The highest BCUT2D eigenvalue weighted by atomic mass is 16.5. The average molecular weight is 411 g/mol. The zero-order valence-corrected chi connectivity index (χ0v) is 19.7. The molecule has 0 aliphatic heterocycles. The van der Waals surface area contributed by atoms with Crippen LogP contribution in [0.5, 0.6) is 0 Å². The predicted molar refractivity (Wildman–Crippen MR) is 121 cm³/mol. The Hall–Kier alpha value is -1.32. The number of ether oxygens (including phenoxy) is 2. The third-order valence-electron chi connectivity index (χ3n) is 5.25. The molecule has 0 aromatic rings. The summed E-state index contributed by atoms with van der Waals surface area (Å²) in [6.07, 6.45) is 16.2. The van der Waals surface area contributed by atoms with Crippen LogP contribution in [0.3, 0.4) is 0 Å². The summed E-state index contributed by atoms with van der Waals surface area (Å²) in [4.78, 5) is 24.9. The van der Waals surface area contributed by atoms with Gasteiger partial charge in [-0.2, -0.15) is 0 Å². The Bertz CT molecular complexity index is 454. The maximum Gasteiger partial charge on any atom is 0.334 e. The number of esters is 2. The molecule has 0 aliphatic rings. The van der Waals surface area contributed by atoms with Crippen LogP contribution in [0.4, 0.5) is 0 Å². The molecule has 0 radical (unpaired) electrons. The maximum absolute atomic E-state index is 12.5. The summed E-state index contributed by atoms with van der Waals surface area (Å²) in [5, 5.41) is 0. The summed E-state index contributed by atoms with van der Waals surface area (Å²) in [6.45, 7) is 9.03. The highest BCUT2D eigenvalue weighted by molar-refractivity contribution is 5.99. The second-order valence-corrected chi connectivity index (χ2v) is 8.01. The van der Waals surface area contributed by atoms with E-state index in [0.717, 1.165) is 38.5 Å². The Morgan fingerprint density at radius 2 is 0.966 bits per heavy atom. The molecule has 4 nitrogen and oxygen atoms in total. The van der Waals surface area contributed by atoms with Crippen LogP contribution in [0, 0.1) is 0 Å². The van der Waals surface area contributed by atoms with Crippen molar-refractivity contribution in [3.63, 3.8) is 0 Å². The van der Waals surface area contributed by atoms with E-state index in [9.17, 15) is 9.59 Å². The van der Waals surface area contributed by atoms with Crippen molar-refractivity contribution in [2.75, 3.05) is 13.2 Å². The molecule has 0 atom stereocenters. The number of carbonyl (C=O) groups is 2. The van der Waals surface area contributed by atoms with Gasteiger partial charge in [0.05, 0.1) is 13.2 Å². The van der Waals surface area contributed by atoms with Crippen LogP contribution >= 0.6 is 0 Å². The molecule has 0 rings (SSSR count). The van der Waals surface area contributed by atoms with Crippen LogP contribution in [0.15, 0.2) is 11.1 Å². The predicted octanol–water partition coefficient (Wildman–Crippen LogP) is 7.30. The van der Waals surface area contributed by atoms with Crippen LogP contribution in [-0.4, -0.2) is 25.2 Å². The van der Waals surface area contributed by atoms with Gasteiger partial charge in [0.2, 0.25) is 0 Å². The third-order valence-corrected chi connectivity index (χ3v) is 5.25. The van der Waals surface area contributed by atoms with Crippen LogP contribution in [-0.2, 0) is 19.1 Å². The van der Waals surface area contributed by atoms with E-state index in [1.165, 1.54) is 51.4 Å². The van der Waals surface area contributed by atoms with E-state index in [-0.39, 0.29) is 11.9 Å². The van der Waals surface area contributed by atoms with Gasteiger partial charge in [-0.05, 0) is 32.6 Å². The number of unbranched alkanes of at least 4 members (excludes halogenated alkanes) is 11. The molecule has 170 valence electrons. The minimum Gasteiger partial charge on any atom is -0.462 e. The normalized spacial score (nSPS) is 11.9. The lowest BCUT2D eigenvalue weighted by atomic mass is 10.0. The molecule has 0 saturated carbocycles. The zero-order valence-electron chi connectivity index (χ0n) is 19.7. The fraction of sp³-hybridized carbons (Fsp3) is 0.840. The molecule has 0 spiro atoms. The lowest BCUT2D eigenvalue weighted by molar-refractivity contribution is -0.142. The van der Waals surface area contributed by atoms with E-state index in [1.54, 1.807) is 6.92 Å². The summed E-state index contributed by atoms with van der Waals surface area (Å²) >= 11 is 0. The second kappa shape index (κ2) is 20.0. The first-order valence-electron chi connectivity index (χ1n) is 12.1. The topological polar surface area (TPSA) is 52.6 Å². The van der Waals surface area contributed by atoms with Crippen molar-refractivity contribution in [3.8, 4) is 0 Å². The molecule has 0 saturated heterocycles. The molecule has 0 unspecified atom stereocenters. The van der Waals surface area contributed by atoms with E-state index in [0.29, 0.717) is 30.8 Å². The van der Waals surface area contributed by atoms with Gasteiger partial charge < -0.3 is 9.47 Å². The summed E-state index contributed by atoms with van der Waals surface area (Å²) in [7, 11) is 0. The monoisotopic (exact) mass is 410 g/mol. The van der Waals surface area contributed by atoms with E-state index >= 15 is 0 Å². The standard InChI is InChI=1S/C25H46O4/c1-5-8-11-13-15-17-20-28-24(26)22(4)23(19-10-7-3)25(27)29-21-18-16-14-12-9-6-2/h5-21H2,1-4H3/b23-22-. The Balaban J connectivity index is 4.40. The number of hydrogen-bond donors (Lipinski definition) is 0. The minimum absolute atomic E-state index is 0.346. The highest BCUT2D eigenvalue weighted by Gasteiger charge is 2.19. The Morgan fingerprint density at radius 1 is 0.552 bits per heavy atom. The summed E-state index contributed by atoms with van der Waals surface area (Å²) < 4.78 is 10.9. The molecule has 0 bridgehead atoms. The van der Waals surface area contributed by atoms with Gasteiger partial charge in [0.15, 0.2) is 0 Å². The third kappa shape index (κ3) is 15.2. The van der Waals surface area contributed by atoms with Crippen LogP contribution in [0.1, 0.15) is 124 Å². The first kappa shape index (κ1) is 27.7. The minimum atomic E-state index is -0.374. The zero-order chi connectivity index (χ0) is 21.7. The van der Waals surface area contributed by atoms with E-state index in [1.807, 2.05) is 0 Å². The number of rotatable bonds is 19. The molecule has 0 aromatic heterocycles. The van der Waals surface area contributed by atoms with Crippen molar-refractivity contribution in [1.29, 1.82) is 0 Å². The molecule has 0 fully saturated rings. The van der Waals surface area contributed by atoms with Gasteiger partial charge in [0.1, 0.15) is 0 Å². The Morgan fingerprint density at radius 3 is 1.45 bits per heavy atom. The van der Waals surface area contributed by atoms with Crippen molar-refractivity contribution in [1.82, 2.24) is 0 Å². The molecule has 0 heterocycles. The van der Waals surface area contributed by atoms with Crippen LogP contribution in [0.25, 0.3) is 0 Å². The van der Waals surface area contributed by atoms with Gasteiger partial charge >= 0.3 is 11.9 Å². The van der Waals surface area contributed by atoms with Crippen molar-refractivity contribution in [2.24, 2.45) is 0 Å². The molecule has 0 aliphatic carbocycles. The molecule has 4 heteroatoms. The second-order valence-electron chi connectivity index (χ2n) is 8.01. The lowest BCUT2D eigenvalue weighted by Gasteiger charge is -2.12. The van der Waals surface area contributed by atoms with E-state index in [2.05, 4.69) is 20.8 Å². The van der Waals surface area contributed by atoms with Gasteiger partial charge in [-0.1, -0.05) is 91.4 Å².